The maximum absolute atomic E-state index is 13.6. The van der Waals surface area contributed by atoms with Crippen LogP contribution in [0, 0.1) is 6.92 Å². The summed E-state index contributed by atoms with van der Waals surface area (Å²) < 4.78 is 11.7. The average molecular weight is 591 g/mol. The number of nitrogens with zero attached hydrogens (tertiary/aromatic N) is 1. The highest BCUT2D eigenvalue weighted by molar-refractivity contribution is 6.30. The van der Waals surface area contributed by atoms with Crippen LogP contribution in [-0.4, -0.2) is 26.0 Å². The second kappa shape index (κ2) is 13.3. The van der Waals surface area contributed by atoms with Crippen molar-refractivity contribution < 1.29 is 19.1 Å². The zero-order valence-electron chi connectivity index (χ0n) is 24.1. The molecule has 0 aliphatic heterocycles. The van der Waals surface area contributed by atoms with Gasteiger partial charge in [-0.25, -0.2) is 0 Å². The molecule has 43 heavy (non-hydrogen) atoms. The first-order valence-corrected chi connectivity index (χ1v) is 14.1. The Labute approximate surface area is 256 Å². The lowest BCUT2D eigenvalue weighted by atomic mass is 9.97. The summed E-state index contributed by atoms with van der Waals surface area (Å²) in [5.74, 6) is 0.278. The number of hydrogen-bond acceptors (Lipinski definition) is 4. The summed E-state index contributed by atoms with van der Waals surface area (Å²) in [6, 6.07) is 35.4. The zero-order valence-corrected chi connectivity index (χ0v) is 24.9. The summed E-state index contributed by atoms with van der Waals surface area (Å²) >= 11 is 6.26. The van der Waals surface area contributed by atoms with E-state index in [0.717, 1.165) is 22.3 Å². The van der Waals surface area contributed by atoms with Crippen LogP contribution >= 0.6 is 11.6 Å². The standard InChI is InChI=1S/C36H31ClN2O4/c1-24-14-17-29(26-12-8-5-9-13-26)30(20-24)35(40)38-31-18-15-27(21-33(31)42-3)36(41)39(2)32-19-16-28(37)22-34(32)43-23-25-10-6-4-7-11-25/h4-22H,23H2,1-3H3,(H,38,40). The molecule has 0 fully saturated rings. The molecule has 0 bridgehead atoms. The van der Waals surface area contributed by atoms with Gasteiger partial charge in [-0.05, 0) is 60.0 Å². The number of carbonyl (C=O) groups is 2. The third-order valence-electron chi connectivity index (χ3n) is 7.03. The van der Waals surface area contributed by atoms with Crippen molar-refractivity contribution in [3.05, 3.63) is 143 Å². The Morgan fingerprint density at radius 2 is 1.53 bits per heavy atom. The number of amides is 2. The van der Waals surface area contributed by atoms with E-state index in [9.17, 15) is 9.59 Å². The Hall–Kier alpha value is -5.07. The lowest BCUT2D eigenvalue weighted by Gasteiger charge is -2.22. The van der Waals surface area contributed by atoms with Crippen LogP contribution < -0.4 is 19.7 Å². The fourth-order valence-electron chi connectivity index (χ4n) is 4.75. The van der Waals surface area contributed by atoms with E-state index in [2.05, 4.69) is 5.32 Å². The normalized spacial score (nSPS) is 10.6. The van der Waals surface area contributed by atoms with Crippen molar-refractivity contribution in [1.29, 1.82) is 0 Å². The molecule has 5 aromatic rings. The van der Waals surface area contributed by atoms with Gasteiger partial charge in [0.25, 0.3) is 11.8 Å². The van der Waals surface area contributed by atoms with Crippen LogP contribution in [0.5, 0.6) is 11.5 Å². The zero-order chi connectivity index (χ0) is 30.3. The maximum Gasteiger partial charge on any atom is 0.258 e. The van der Waals surface area contributed by atoms with Crippen molar-refractivity contribution in [2.24, 2.45) is 0 Å². The Balaban J connectivity index is 1.37. The van der Waals surface area contributed by atoms with E-state index < -0.39 is 0 Å². The number of methoxy groups -OCH3 is 1. The number of hydrogen-bond donors (Lipinski definition) is 1. The second-order valence-electron chi connectivity index (χ2n) is 10.0. The van der Waals surface area contributed by atoms with Crippen LogP contribution in [0.15, 0.2) is 115 Å². The van der Waals surface area contributed by atoms with Crippen LogP contribution in [0.2, 0.25) is 5.02 Å². The minimum atomic E-state index is -0.284. The van der Waals surface area contributed by atoms with Gasteiger partial charge in [0.05, 0.1) is 18.5 Å². The molecule has 7 heteroatoms. The van der Waals surface area contributed by atoms with E-state index in [1.54, 1.807) is 43.4 Å². The second-order valence-corrected chi connectivity index (χ2v) is 10.5. The van der Waals surface area contributed by atoms with Gasteiger partial charge in [0.15, 0.2) is 0 Å². The van der Waals surface area contributed by atoms with Gasteiger partial charge in [-0.15, -0.1) is 0 Å². The van der Waals surface area contributed by atoms with Crippen LogP contribution in [0.3, 0.4) is 0 Å². The summed E-state index contributed by atoms with van der Waals surface area (Å²) in [5, 5.41) is 3.46. The minimum Gasteiger partial charge on any atom is -0.495 e. The summed E-state index contributed by atoms with van der Waals surface area (Å²) in [6.07, 6.45) is 0. The number of nitrogens with one attached hydrogen (secondary N) is 1. The van der Waals surface area contributed by atoms with Crippen LogP contribution in [0.4, 0.5) is 11.4 Å². The summed E-state index contributed by atoms with van der Waals surface area (Å²) in [4.78, 5) is 28.6. The highest BCUT2D eigenvalue weighted by atomic mass is 35.5. The Kier molecular flexibility index (Phi) is 9.08. The molecule has 5 rings (SSSR count). The fraction of sp³-hybridized carbons (Fsp3) is 0.111. The molecule has 0 atom stereocenters. The molecule has 0 aliphatic carbocycles. The molecular formula is C36H31ClN2O4. The predicted molar refractivity (Wildman–Crippen MR) is 173 cm³/mol. The molecule has 0 heterocycles. The smallest absolute Gasteiger partial charge is 0.258 e. The Morgan fingerprint density at radius 3 is 2.26 bits per heavy atom. The molecule has 216 valence electrons. The first-order chi connectivity index (χ1) is 20.8. The van der Waals surface area contributed by atoms with E-state index in [1.807, 2.05) is 85.8 Å². The first kappa shape index (κ1) is 29.4. The van der Waals surface area contributed by atoms with E-state index in [1.165, 1.54) is 12.0 Å². The fourth-order valence-corrected chi connectivity index (χ4v) is 4.91. The molecule has 1 N–H and O–H groups in total. The van der Waals surface area contributed by atoms with E-state index in [0.29, 0.717) is 45.6 Å². The molecule has 0 spiro atoms. The van der Waals surface area contributed by atoms with Gasteiger partial charge in [0.2, 0.25) is 0 Å². The maximum atomic E-state index is 13.6. The molecule has 0 saturated heterocycles. The third kappa shape index (κ3) is 6.88. The van der Waals surface area contributed by atoms with Crippen molar-refractivity contribution in [3.8, 4) is 22.6 Å². The van der Waals surface area contributed by atoms with E-state index >= 15 is 0 Å². The third-order valence-corrected chi connectivity index (χ3v) is 7.26. The number of rotatable bonds is 9. The van der Waals surface area contributed by atoms with Gasteiger partial charge >= 0.3 is 0 Å². The highest BCUT2D eigenvalue weighted by Crippen LogP contribution is 2.34. The minimum absolute atomic E-state index is 0.279. The van der Waals surface area contributed by atoms with Gasteiger partial charge in [0.1, 0.15) is 18.1 Å². The lowest BCUT2D eigenvalue weighted by Crippen LogP contribution is -2.27. The lowest BCUT2D eigenvalue weighted by molar-refractivity contribution is 0.0990. The summed E-state index contributed by atoms with van der Waals surface area (Å²) in [7, 11) is 3.17. The molecule has 2 amide bonds. The predicted octanol–water partition coefficient (Wildman–Crippen LogP) is 8.43. The summed E-state index contributed by atoms with van der Waals surface area (Å²) in [5.41, 5.74) is 5.66. The van der Waals surface area contributed by atoms with Crippen LogP contribution in [-0.2, 0) is 6.61 Å². The molecule has 0 aliphatic rings. The average Bonchev–Trinajstić information content (AvgIpc) is 3.04. The van der Waals surface area contributed by atoms with Gasteiger partial charge in [0, 0.05) is 29.3 Å². The molecule has 0 aromatic heterocycles. The largest absolute Gasteiger partial charge is 0.495 e. The quantitative estimate of drug-likeness (QED) is 0.187. The number of benzene rings is 5. The summed E-state index contributed by atoms with van der Waals surface area (Å²) in [6.45, 7) is 2.27. The monoisotopic (exact) mass is 590 g/mol. The van der Waals surface area contributed by atoms with Crippen LogP contribution in [0.1, 0.15) is 31.8 Å². The first-order valence-electron chi connectivity index (χ1n) is 13.7. The van der Waals surface area contributed by atoms with Crippen molar-refractivity contribution in [1.82, 2.24) is 0 Å². The van der Waals surface area contributed by atoms with Crippen molar-refractivity contribution >= 4 is 34.8 Å². The van der Waals surface area contributed by atoms with Gasteiger partial charge in [-0.3, -0.25) is 9.59 Å². The molecule has 0 unspecified atom stereocenters. The molecule has 0 radical (unpaired) electrons. The van der Waals surface area contributed by atoms with Gasteiger partial charge in [-0.2, -0.15) is 0 Å². The number of aryl methyl sites for hydroxylation is 1. The molecular weight excluding hydrogens is 560 g/mol. The number of carbonyl (C=O) groups excluding carboxylic acids is 2. The SMILES string of the molecule is COc1cc(C(=O)N(C)c2ccc(Cl)cc2OCc2ccccc2)ccc1NC(=O)c1cc(C)ccc1-c1ccccc1. The van der Waals surface area contributed by atoms with Crippen LogP contribution in [0.25, 0.3) is 11.1 Å². The van der Waals surface area contributed by atoms with E-state index in [4.69, 9.17) is 21.1 Å². The molecule has 5 aromatic carbocycles. The van der Waals surface area contributed by atoms with Gasteiger partial charge < -0.3 is 19.7 Å². The number of anilines is 2. The Bertz CT molecular complexity index is 1760. The van der Waals surface area contributed by atoms with Crippen molar-refractivity contribution in [2.45, 2.75) is 13.5 Å². The molecule has 0 saturated carbocycles. The van der Waals surface area contributed by atoms with Crippen molar-refractivity contribution in [3.63, 3.8) is 0 Å². The van der Waals surface area contributed by atoms with Gasteiger partial charge in [-0.1, -0.05) is 90.0 Å². The highest BCUT2D eigenvalue weighted by Gasteiger charge is 2.21. The molecule has 6 nitrogen and oxygen atoms in total. The topological polar surface area (TPSA) is 67.9 Å². The van der Waals surface area contributed by atoms with E-state index in [-0.39, 0.29) is 11.8 Å². The number of halogens is 1. The van der Waals surface area contributed by atoms with Crippen molar-refractivity contribution in [2.75, 3.05) is 24.4 Å². The Morgan fingerprint density at radius 1 is 0.814 bits per heavy atom. The number of ether oxygens (including phenoxy) is 2.